The van der Waals surface area contributed by atoms with E-state index < -0.39 is 0 Å². The van der Waals surface area contributed by atoms with Crippen LogP contribution < -0.4 is 10.6 Å². The molecule has 2 aromatic rings. The van der Waals surface area contributed by atoms with Crippen LogP contribution in [0.15, 0.2) is 24.4 Å². The van der Waals surface area contributed by atoms with Gasteiger partial charge in [-0.15, -0.1) is 0 Å². The number of unbranched alkanes of at least 4 members (excludes halogenated alkanes) is 17. The number of hydrogen-bond acceptors (Lipinski definition) is 3. The molecule has 0 bridgehead atoms. The van der Waals surface area contributed by atoms with Gasteiger partial charge in [0, 0.05) is 29.3 Å². The largest absolute Gasteiger partial charge is 0.395 e. The highest BCUT2D eigenvalue weighted by Crippen LogP contribution is 2.22. The molecule has 0 radical (unpaired) electrons. The molecule has 1 aromatic heterocycles. The molecule has 0 saturated carbocycles. The number of anilines is 1. The van der Waals surface area contributed by atoms with Crippen LogP contribution in [0.1, 0.15) is 128 Å². The summed E-state index contributed by atoms with van der Waals surface area (Å²) in [6.07, 6.45) is 28.9. The Bertz CT molecular complexity index is 757. The molecule has 4 N–H and O–H groups in total. The van der Waals surface area contributed by atoms with Crippen molar-refractivity contribution < 1.29 is 5.11 Å². The number of nitrogens with one attached hydrogen (secondary N) is 3. The van der Waals surface area contributed by atoms with Crippen LogP contribution in [0.4, 0.5) is 5.69 Å². The van der Waals surface area contributed by atoms with Gasteiger partial charge in [0.2, 0.25) is 0 Å². The van der Waals surface area contributed by atoms with Crippen LogP contribution in [0, 0.1) is 0 Å². The van der Waals surface area contributed by atoms with E-state index in [2.05, 4.69) is 46.9 Å². The first-order valence-corrected chi connectivity index (χ1v) is 15.5. The maximum absolute atomic E-state index is 9.01. The molecule has 0 spiro atoms. The minimum atomic E-state index is 0.154. The number of hydrogen-bond donors (Lipinski definition) is 4. The lowest BCUT2D eigenvalue weighted by Crippen LogP contribution is -2.18. The van der Waals surface area contributed by atoms with E-state index >= 15 is 0 Å². The number of H-pyrrole nitrogens is 1. The average molecular weight is 500 g/mol. The van der Waals surface area contributed by atoms with Crippen molar-refractivity contribution in [2.75, 3.05) is 31.6 Å². The molecular formula is C32H57N3O. The maximum Gasteiger partial charge on any atom is 0.0604 e. The van der Waals surface area contributed by atoms with Crippen LogP contribution in [0.25, 0.3) is 10.9 Å². The predicted molar refractivity (Wildman–Crippen MR) is 159 cm³/mol. The van der Waals surface area contributed by atoms with E-state index in [0.29, 0.717) is 6.54 Å². The molecule has 2 rings (SSSR count). The van der Waals surface area contributed by atoms with E-state index in [4.69, 9.17) is 5.11 Å². The topological polar surface area (TPSA) is 60.1 Å². The van der Waals surface area contributed by atoms with E-state index in [0.717, 1.165) is 25.2 Å². The molecule has 4 nitrogen and oxygen atoms in total. The minimum Gasteiger partial charge on any atom is -0.395 e. The van der Waals surface area contributed by atoms with Gasteiger partial charge in [-0.25, -0.2) is 0 Å². The van der Waals surface area contributed by atoms with Gasteiger partial charge >= 0.3 is 0 Å². The Balaban J connectivity index is 1.33. The third-order valence-electron chi connectivity index (χ3n) is 7.49. The zero-order valence-electron chi connectivity index (χ0n) is 23.5. The van der Waals surface area contributed by atoms with Gasteiger partial charge < -0.3 is 20.7 Å². The molecule has 0 fully saturated rings. The summed E-state index contributed by atoms with van der Waals surface area (Å²) < 4.78 is 0. The Labute approximate surface area is 222 Å². The molecule has 0 aliphatic rings. The number of aromatic nitrogens is 1. The molecule has 206 valence electrons. The molecule has 0 saturated heterocycles. The summed E-state index contributed by atoms with van der Waals surface area (Å²) in [7, 11) is 0. The lowest BCUT2D eigenvalue weighted by molar-refractivity contribution is 0.311. The number of aliphatic hydroxyl groups excluding tert-OH is 1. The molecular weight excluding hydrogens is 442 g/mol. The molecule has 4 heteroatoms. The van der Waals surface area contributed by atoms with E-state index in [-0.39, 0.29) is 6.61 Å². The molecule has 1 aromatic carbocycles. The van der Waals surface area contributed by atoms with Gasteiger partial charge in [-0.1, -0.05) is 116 Å². The first kappa shape index (κ1) is 30.7. The summed E-state index contributed by atoms with van der Waals surface area (Å²) in [5.74, 6) is 0. The fourth-order valence-electron chi connectivity index (χ4n) is 5.20. The smallest absolute Gasteiger partial charge is 0.0604 e. The molecule has 1 heterocycles. The van der Waals surface area contributed by atoms with Crippen molar-refractivity contribution in [2.24, 2.45) is 0 Å². The zero-order valence-corrected chi connectivity index (χ0v) is 23.5. The van der Waals surface area contributed by atoms with Gasteiger partial charge in [-0.05, 0) is 49.7 Å². The van der Waals surface area contributed by atoms with E-state index in [1.807, 2.05) is 0 Å². The summed E-state index contributed by atoms with van der Waals surface area (Å²) in [6, 6.07) is 6.37. The molecule has 0 unspecified atom stereocenters. The summed E-state index contributed by atoms with van der Waals surface area (Å²) in [4.78, 5) is 3.38. The second-order valence-electron chi connectivity index (χ2n) is 10.7. The van der Waals surface area contributed by atoms with Crippen molar-refractivity contribution in [1.82, 2.24) is 10.3 Å². The summed E-state index contributed by atoms with van der Waals surface area (Å²) >= 11 is 0. The second kappa shape index (κ2) is 21.6. The summed E-state index contributed by atoms with van der Waals surface area (Å²) in [5, 5.41) is 17.2. The van der Waals surface area contributed by atoms with Crippen molar-refractivity contribution in [3.8, 4) is 0 Å². The summed E-state index contributed by atoms with van der Waals surface area (Å²) in [6.45, 7) is 5.20. The fourth-order valence-corrected chi connectivity index (χ4v) is 5.20. The molecule has 0 aliphatic carbocycles. The SMILES string of the molecule is CCCCCCCCCCCCCCCCCCCCNCCc1c[nH]c2ccc(NCCO)cc12. The van der Waals surface area contributed by atoms with E-state index in [1.165, 1.54) is 132 Å². The molecule has 0 atom stereocenters. The number of benzene rings is 1. The Morgan fingerprint density at radius 2 is 1.22 bits per heavy atom. The van der Waals surface area contributed by atoms with Crippen LogP contribution in [0.2, 0.25) is 0 Å². The van der Waals surface area contributed by atoms with Crippen molar-refractivity contribution in [2.45, 2.75) is 129 Å². The van der Waals surface area contributed by atoms with Crippen molar-refractivity contribution in [1.29, 1.82) is 0 Å². The van der Waals surface area contributed by atoms with E-state index in [9.17, 15) is 0 Å². The maximum atomic E-state index is 9.01. The highest BCUT2D eigenvalue weighted by Gasteiger charge is 2.05. The molecule has 0 aliphatic heterocycles. The Kier molecular flexibility index (Phi) is 18.4. The van der Waals surface area contributed by atoms with Gasteiger partial charge in [0.15, 0.2) is 0 Å². The summed E-state index contributed by atoms with van der Waals surface area (Å²) in [5.41, 5.74) is 3.62. The quantitative estimate of drug-likeness (QED) is 0.103. The molecule has 0 amide bonds. The number of aliphatic hydroxyl groups is 1. The van der Waals surface area contributed by atoms with Crippen LogP contribution in [-0.4, -0.2) is 36.3 Å². The van der Waals surface area contributed by atoms with Gasteiger partial charge in [-0.3, -0.25) is 0 Å². The van der Waals surface area contributed by atoms with Crippen LogP contribution in [0.5, 0.6) is 0 Å². The van der Waals surface area contributed by atoms with Crippen LogP contribution in [0.3, 0.4) is 0 Å². The van der Waals surface area contributed by atoms with Gasteiger partial charge in [0.25, 0.3) is 0 Å². The van der Waals surface area contributed by atoms with Crippen molar-refractivity contribution >= 4 is 16.6 Å². The Morgan fingerprint density at radius 3 is 1.78 bits per heavy atom. The van der Waals surface area contributed by atoms with Crippen LogP contribution in [-0.2, 0) is 6.42 Å². The highest BCUT2D eigenvalue weighted by atomic mass is 16.3. The predicted octanol–water partition coefficient (Wildman–Crippen LogP) is 8.75. The van der Waals surface area contributed by atoms with Crippen LogP contribution >= 0.6 is 0 Å². The standard InChI is InChI=1S/C32H57N3O/c1-2-3-4-5-6-7-8-9-10-11-12-13-14-15-16-17-18-19-23-33-24-22-29-28-35-32-21-20-30(27-31(29)32)34-25-26-36/h20-21,27-28,33-36H,2-19,22-26H2,1H3. The lowest BCUT2D eigenvalue weighted by atomic mass is 10.0. The third-order valence-corrected chi connectivity index (χ3v) is 7.49. The fraction of sp³-hybridized carbons (Fsp3) is 0.750. The van der Waals surface area contributed by atoms with Crippen molar-refractivity contribution in [3.63, 3.8) is 0 Å². The normalized spacial score (nSPS) is 11.5. The Morgan fingerprint density at radius 1 is 0.667 bits per heavy atom. The zero-order chi connectivity index (χ0) is 25.5. The average Bonchev–Trinajstić information content (AvgIpc) is 3.30. The number of fused-ring (bicyclic) bond motifs is 1. The van der Waals surface area contributed by atoms with Gasteiger partial charge in [0.05, 0.1) is 6.61 Å². The highest BCUT2D eigenvalue weighted by molar-refractivity contribution is 5.86. The lowest BCUT2D eigenvalue weighted by Gasteiger charge is -2.07. The van der Waals surface area contributed by atoms with Crippen molar-refractivity contribution in [3.05, 3.63) is 30.0 Å². The van der Waals surface area contributed by atoms with E-state index in [1.54, 1.807) is 0 Å². The van der Waals surface area contributed by atoms with Gasteiger partial charge in [-0.2, -0.15) is 0 Å². The number of aromatic amines is 1. The van der Waals surface area contributed by atoms with Gasteiger partial charge in [0.1, 0.15) is 0 Å². The first-order chi connectivity index (χ1) is 17.8. The first-order valence-electron chi connectivity index (χ1n) is 15.5. The second-order valence-corrected chi connectivity index (χ2v) is 10.7. The number of rotatable bonds is 25. The Hall–Kier alpha value is -1.52. The monoisotopic (exact) mass is 499 g/mol. The molecule has 36 heavy (non-hydrogen) atoms. The third kappa shape index (κ3) is 14.3. The minimum absolute atomic E-state index is 0.154.